The molecule has 1 aromatic heterocycles. The van der Waals surface area contributed by atoms with Crippen LogP contribution in [0.4, 0.5) is 0 Å². The number of benzene rings is 2. The highest BCUT2D eigenvalue weighted by Crippen LogP contribution is 2.15. The van der Waals surface area contributed by atoms with Crippen LogP contribution in [0.2, 0.25) is 0 Å². The van der Waals surface area contributed by atoms with E-state index in [1.165, 1.54) is 0 Å². The molecule has 0 bridgehead atoms. The van der Waals surface area contributed by atoms with Gasteiger partial charge in [-0.2, -0.15) is 0 Å². The number of fused-ring (bicyclic) bond motifs is 1. The lowest BCUT2D eigenvalue weighted by Gasteiger charge is -2.04. The molecule has 19 heavy (non-hydrogen) atoms. The summed E-state index contributed by atoms with van der Waals surface area (Å²) in [6.07, 6.45) is 0. The standard InChI is InChI=1S/C15H15N3O/c19-14-8-4-1-5-11(14)9-16-10-15-17-12-6-2-3-7-13(12)18-15/h1-8,16,19H,9-10H2,(H,17,18). The molecule has 0 saturated carbocycles. The average Bonchev–Trinajstić information content (AvgIpc) is 2.83. The van der Waals surface area contributed by atoms with Crippen LogP contribution in [0.3, 0.4) is 0 Å². The van der Waals surface area contributed by atoms with Gasteiger partial charge < -0.3 is 15.4 Å². The number of hydrogen-bond donors (Lipinski definition) is 3. The minimum absolute atomic E-state index is 0.319. The van der Waals surface area contributed by atoms with Gasteiger partial charge in [0.2, 0.25) is 0 Å². The van der Waals surface area contributed by atoms with Crippen LogP contribution >= 0.6 is 0 Å². The molecule has 3 rings (SSSR count). The Kier molecular flexibility index (Phi) is 3.16. The van der Waals surface area contributed by atoms with Crippen LogP contribution in [0.25, 0.3) is 11.0 Å². The summed E-state index contributed by atoms with van der Waals surface area (Å²) in [6.45, 7) is 1.26. The van der Waals surface area contributed by atoms with Crippen molar-refractivity contribution >= 4 is 11.0 Å². The van der Waals surface area contributed by atoms with Gasteiger partial charge in [0.25, 0.3) is 0 Å². The molecule has 2 aromatic carbocycles. The van der Waals surface area contributed by atoms with Gasteiger partial charge in [-0.3, -0.25) is 0 Å². The lowest BCUT2D eigenvalue weighted by molar-refractivity contribution is 0.464. The molecule has 0 amide bonds. The summed E-state index contributed by atoms with van der Waals surface area (Å²) in [6, 6.07) is 15.3. The third-order valence-electron chi connectivity index (χ3n) is 3.04. The predicted molar refractivity (Wildman–Crippen MR) is 74.7 cm³/mol. The molecule has 0 unspecified atom stereocenters. The van der Waals surface area contributed by atoms with Crippen LogP contribution in [-0.4, -0.2) is 15.1 Å². The number of nitrogens with one attached hydrogen (secondary N) is 2. The van der Waals surface area contributed by atoms with E-state index in [0.29, 0.717) is 18.8 Å². The number of phenolic OH excluding ortho intramolecular Hbond substituents is 1. The summed E-state index contributed by atoms with van der Waals surface area (Å²) in [5.74, 6) is 1.22. The zero-order chi connectivity index (χ0) is 13.1. The summed E-state index contributed by atoms with van der Waals surface area (Å²) < 4.78 is 0. The Bertz CT molecular complexity index is 657. The lowest BCUT2D eigenvalue weighted by atomic mass is 10.2. The highest BCUT2D eigenvalue weighted by Gasteiger charge is 2.02. The fourth-order valence-corrected chi connectivity index (χ4v) is 2.07. The fraction of sp³-hybridized carbons (Fsp3) is 0.133. The monoisotopic (exact) mass is 253 g/mol. The number of rotatable bonds is 4. The van der Waals surface area contributed by atoms with Crippen molar-refractivity contribution in [2.75, 3.05) is 0 Å². The fourth-order valence-electron chi connectivity index (χ4n) is 2.07. The summed E-state index contributed by atoms with van der Waals surface area (Å²) in [5.41, 5.74) is 2.90. The van der Waals surface area contributed by atoms with Gasteiger partial charge in [0.05, 0.1) is 17.6 Å². The van der Waals surface area contributed by atoms with Crippen LogP contribution < -0.4 is 5.32 Å². The van der Waals surface area contributed by atoms with E-state index >= 15 is 0 Å². The number of para-hydroxylation sites is 3. The minimum atomic E-state index is 0.319. The first kappa shape index (κ1) is 11.7. The van der Waals surface area contributed by atoms with Crippen molar-refractivity contribution in [1.29, 1.82) is 0 Å². The topological polar surface area (TPSA) is 60.9 Å². The molecule has 0 fully saturated rings. The maximum Gasteiger partial charge on any atom is 0.121 e. The van der Waals surface area contributed by atoms with Crippen molar-refractivity contribution in [3.8, 4) is 5.75 Å². The second kappa shape index (κ2) is 5.12. The van der Waals surface area contributed by atoms with E-state index in [9.17, 15) is 5.11 Å². The third-order valence-corrected chi connectivity index (χ3v) is 3.04. The summed E-state index contributed by atoms with van der Waals surface area (Å²) >= 11 is 0. The molecule has 4 nitrogen and oxygen atoms in total. The third kappa shape index (κ3) is 2.58. The SMILES string of the molecule is Oc1ccccc1CNCc1nc2ccccc2[nH]1. The van der Waals surface area contributed by atoms with Gasteiger partial charge in [-0.25, -0.2) is 4.98 Å². The molecule has 0 saturated heterocycles. The lowest BCUT2D eigenvalue weighted by Crippen LogP contribution is -2.13. The number of imidazole rings is 1. The average molecular weight is 253 g/mol. The molecule has 3 aromatic rings. The van der Waals surface area contributed by atoms with E-state index in [2.05, 4.69) is 15.3 Å². The zero-order valence-electron chi connectivity index (χ0n) is 10.4. The number of aromatic amines is 1. The summed E-state index contributed by atoms with van der Waals surface area (Å²) in [5, 5.41) is 12.9. The number of hydrogen-bond acceptors (Lipinski definition) is 3. The number of aromatic hydroxyl groups is 1. The van der Waals surface area contributed by atoms with Gasteiger partial charge >= 0.3 is 0 Å². The molecule has 1 heterocycles. The molecular weight excluding hydrogens is 238 g/mol. The first-order valence-corrected chi connectivity index (χ1v) is 6.24. The van der Waals surface area contributed by atoms with Gasteiger partial charge in [0, 0.05) is 12.1 Å². The van der Waals surface area contributed by atoms with E-state index in [1.54, 1.807) is 6.07 Å². The van der Waals surface area contributed by atoms with E-state index < -0.39 is 0 Å². The Balaban J connectivity index is 1.65. The van der Waals surface area contributed by atoms with Crippen LogP contribution in [0, 0.1) is 0 Å². The summed E-state index contributed by atoms with van der Waals surface area (Å²) in [7, 11) is 0. The zero-order valence-corrected chi connectivity index (χ0v) is 10.4. The second-order valence-corrected chi connectivity index (χ2v) is 4.43. The predicted octanol–water partition coefficient (Wildman–Crippen LogP) is 2.56. The Morgan fingerprint density at radius 3 is 2.63 bits per heavy atom. The van der Waals surface area contributed by atoms with Crippen molar-refractivity contribution in [3.63, 3.8) is 0 Å². The van der Waals surface area contributed by atoms with Crippen LogP contribution in [0.1, 0.15) is 11.4 Å². The van der Waals surface area contributed by atoms with Crippen molar-refractivity contribution in [2.45, 2.75) is 13.1 Å². The Hall–Kier alpha value is -2.33. The number of nitrogens with zero attached hydrogens (tertiary/aromatic N) is 1. The van der Waals surface area contributed by atoms with Gasteiger partial charge in [0.15, 0.2) is 0 Å². The maximum absolute atomic E-state index is 9.66. The first-order chi connectivity index (χ1) is 9.33. The normalized spacial score (nSPS) is 10.9. The van der Waals surface area contributed by atoms with E-state index in [1.807, 2.05) is 42.5 Å². The molecule has 4 heteroatoms. The minimum Gasteiger partial charge on any atom is -0.508 e. The second-order valence-electron chi connectivity index (χ2n) is 4.43. The van der Waals surface area contributed by atoms with Crippen molar-refractivity contribution in [3.05, 3.63) is 59.9 Å². The first-order valence-electron chi connectivity index (χ1n) is 6.24. The quantitative estimate of drug-likeness (QED) is 0.669. The molecule has 0 aliphatic heterocycles. The van der Waals surface area contributed by atoms with E-state index in [0.717, 1.165) is 22.4 Å². The largest absolute Gasteiger partial charge is 0.508 e. The number of aromatic nitrogens is 2. The molecule has 0 radical (unpaired) electrons. The molecule has 0 aliphatic carbocycles. The number of phenols is 1. The molecular formula is C15H15N3O. The summed E-state index contributed by atoms with van der Waals surface area (Å²) in [4.78, 5) is 7.75. The number of H-pyrrole nitrogens is 1. The Morgan fingerprint density at radius 1 is 1.00 bits per heavy atom. The van der Waals surface area contributed by atoms with Gasteiger partial charge in [-0.15, -0.1) is 0 Å². The van der Waals surface area contributed by atoms with Crippen LogP contribution in [0.15, 0.2) is 48.5 Å². The molecule has 3 N–H and O–H groups in total. The highest BCUT2D eigenvalue weighted by atomic mass is 16.3. The van der Waals surface area contributed by atoms with Gasteiger partial charge in [-0.1, -0.05) is 30.3 Å². The highest BCUT2D eigenvalue weighted by molar-refractivity contribution is 5.74. The van der Waals surface area contributed by atoms with Crippen LogP contribution in [-0.2, 0) is 13.1 Å². The van der Waals surface area contributed by atoms with E-state index in [4.69, 9.17) is 0 Å². The van der Waals surface area contributed by atoms with Crippen LogP contribution in [0.5, 0.6) is 5.75 Å². The van der Waals surface area contributed by atoms with E-state index in [-0.39, 0.29) is 0 Å². The molecule has 0 spiro atoms. The maximum atomic E-state index is 9.66. The molecule has 0 atom stereocenters. The van der Waals surface area contributed by atoms with Gasteiger partial charge in [0.1, 0.15) is 11.6 Å². The van der Waals surface area contributed by atoms with Crippen molar-refractivity contribution < 1.29 is 5.11 Å². The molecule has 96 valence electrons. The van der Waals surface area contributed by atoms with Crippen molar-refractivity contribution in [2.24, 2.45) is 0 Å². The van der Waals surface area contributed by atoms with Gasteiger partial charge in [-0.05, 0) is 18.2 Å². The van der Waals surface area contributed by atoms with Crippen molar-refractivity contribution in [1.82, 2.24) is 15.3 Å². The Labute approximate surface area is 111 Å². The Morgan fingerprint density at radius 2 is 1.79 bits per heavy atom. The molecule has 0 aliphatic rings. The smallest absolute Gasteiger partial charge is 0.121 e.